The summed E-state index contributed by atoms with van der Waals surface area (Å²) in [6.07, 6.45) is 5.30. The van der Waals surface area contributed by atoms with Crippen LogP contribution in [-0.2, 0) is 9.47 Å². The van der Waals surface area contributed by atoms with Crippen LogP contribution in [0.3, 0.4) is 0 Å². The van der Waals surface area contributed by atoms with E-state index in [9.17, 15) is 0 Å². The van der Waals surface area contributed by atoms with Gasteiger partial charge < -0.3 is 19.7 Å². The SMILES string of the molecule is CN=C(NC1C2CCOC2C1(C)C)N1CCC2(CCOCC2)C1.I. The lowest BCUT2D eigenvalue weighted by Crippen LogP contribution is -2.68. The van der Waals surface area contributed by atoms with Gasteiger partial charge in [-0.25, -0.2) is 0 Å². The van der Waals surface area contributed by atoms with E-state index >= 15 is 0 Å². The van der Waals surface area contributed by atoms with Crippen LogP contribution in [0.1, 0.15) is 39.5 Å². The van der Waals surface area contributed by atoms with Crippen LogP contribution in [0.2, 0.25) is 0 Å². The predicted octanol–water partition coefficient (Wildman–Crippen LogP) is 2.50. The van der Waals surface area contributed by atoms with E-state index in [2.05, 4.69) is 29.1 Å². The van der Waals surface area contributed by atoms with Gasteiger partial charge in [0.25, 0.3) is 0 Å². The van der Waals surface area contributed by atoms with Gasteiger partial charge in [-0.3, -0.25) is 4.99 Å². The molecule has 4 aliphatic rings. The molecule has 0 amide bonds. The minimum absolute atomic E-state index is 0. The Kier molecular flexibility index (Phi) is 5.39. The zero-order chi connectivity index (χ0) is 16.1. The summed E-state index contributed by atoms with van der Waals surface area (Å²) in [5.74, 6) is 1.75. The minimum atomic E-state index is 0. The van der Waals surface area contributed by atoms with Crippen molar-refractivity contribution in [3.8, 4) is 0 Å². The van der Waals surface area contributed by atoms with E-state index in [1.807, 2.05) is 7.05 Å². The Balaban J connectivity index is 0.00000169. The Labute approximate surface area is 162 Å². The first-order valence-corrected chi connectivity index (χ1v) is 9.23. The number of hydrogen-bond donors (Lipinski definition) is 1. The van der Waals surface area contributed by atoms with Crippen molar-refractivity contribution in [1.29, 1.82) is 0 Å². The molecule has 5 nitrogen and oxygen atoms in total. The number of aliphatic imine (C=N–C) groups is 1. The highest BCUT2D eigenvalue weighted by Gasteiger charge is 2.59. The summed E-state index contributed by atoms with van der Waals surface area (Å²) in [5.41, 5.74) is 0.664. The van der Waals surface area contributed by atoms with Crippen molar-refractivity contribution in [3.05, 3.63) is 0 Å². The average molecular weight is 449 g/mol. The van der Waals surface area contributed by atoms with E-state index in [0.717, 1.165) is 38.9 Å². The normalized spacial score (nSPS) is 36.9. The van der Waals surface area contributed by atoms with E-state index in [0.29, 0.717) is 23.5 Å². The molecule has 1 spiro atoms. The van der Waals surface area contributed by atoms with Crippen LogP contribution in [0.15, 0.2) is 4.99 Å². The smallest absolute Gasteiger partial charge is 0.193 e. The van der Waals surface area contributed by atoms with Gasteiger partial charge in [-0.15, -0.1) is 24.0 Å². The van der Waals surface area contributed by atoms with Crippen LogP contribution in [0.4, 0.5) is 0 Å². The summed E-state index contributed by atoms with van der Waals surface area (Å²) in [6, 6.07) is 0.486. The molecule has 24 heavy (non-hydrogen) atoms. The number of fused-ring (bicyclic) bond motifs is 1. The molecule has 4 fully saturated rings. The first-order valence-electron chi connectivity index (χ1n) is 9.23. The quantitative estimate of drug-likeness (QED) is 0.380. The van der Waals surface area contributed by atoms with Crippen LogP contribution in [-0.4, -0.2) is 63.0 Å². The van der Waals surface area contributed by atoms with Gasteiger partial charge in [0.2, 0.25) is 0 Å². The van der Waals surface area contributed by atoms with Gasteiger partial charge in [0.15, 0.2) is 5.96 Å². The third kappa shape index (κ3) is 2.96. The molecule has 6 heteroatoms. The van der Waals surface area contributed by atoms with Crippen molar-refractivity contribution in [2.75, 3.05) is 40.0 Å². The Morgan fingerprint density at radius 2 is 1.92 bits per heavy atom. The molecule has 0 aromatic rings. The van der Waals surface area contributed by atoms with Gasteiger partial charge in [0.05, 0.1) is 6.10 Å². The Hall–Kier alpha value is -0.0800. The lowest BCUT2D eigenvalue weighted by Gasteiger charge is -2.55. The van der Waals surface area contributed by atoms with Crippen molar-refractivity contribution in [2.45, 2.75) is 51.7 Å². The predicted molar refractivity (Wildman–Crippen MR) is 106 cm³/mol. The van der Waals surface area contributed by atoms with Gasteiger partial charge in [-0.2, -0.15) is 0 Å². The standard InChI is InChI=1S/C18H31N3O2.HI/c1-17(2)14(13-4-9-23-15(13)17)20-16(19-3)21-8-5-18(12-21)6-10-22-11-7-18;/h13-15H,4-12H2,1-3H3,(H,19,20);1H. The number of ether oxygens (including phenoxy) is 2. The van der Waals surface area contributed by atoms with Gasteiger partial charge in [0.1, 0.15) is 0 Å². The largest absolute Gasteiger partial charge is 0.381 e. The fourth-order valence-electron chi connectivity index (χ4n) is 5.38. The van der Waals surface area contributed by atoms with Crippen molar-refractivity contribution < 1.29 is 9.47 Å². The zero-order valence-electron chi connectivity index (χ0n) is 15.2. The Bertz CT molecular complexity index is 491. The van der Waals surface area contributed by atoms with E-state index in [1.54, 1.807) is 0 Å². The number of nitrogens with zero attached hydrogens (tertiary/aromatic N) is 2. The molecule has 0 bridgehead atoms. The third-order valence-electron chi connectivity index (χ3n) is 6.89. The number of likely N-dealkylation sites (tertiary alicyclic amines) is 1. The molecule has 1 aliphatic carbocycles. The molecule has 3 aliphatic heterocycles. The van der Waals surface area contributed by atoms with Crippen molar-refractivity contribution in [3.63, 3.8) is 0 Å². The maximum Gasteiger partial charge on any atom is 0.193 e. The van der Waals surface area contributed by atoms with E-state index < -0.39 is 0 Å². The molecule has 0 aromatic carbocycles. The van der Waals surface area contributed by atoms with E-state index in [-0.39, 0.29) is 29.4 Å². The summed E-state index contributed by atoms with van der Waals surface area (Å²) in [5, 5.41) is 3.79. The van der Waals surface area contributed by atoms with Crippen LogP contribution in [0.25, 0.3) is 0 Å². The highest BCUT2D eigenvalue weighted by atomic mass is 127. The third-order valence-corrected chi connectivity index (χ3v) is 6.89. The van der Waals surface area contributed by atoms with Crippen LogP contribution in [0, 0.1) is 16.7 Å². The maximum absolute atomic E-state index is 5.92. The lowest BCUT2D eigenvalue weighted by atomic mass is 9.57. The first-order chi connectivity index (χ1) is 11.1. The molecule has 1 N–H and O–H groups in total. The summed E-state index contributed by atoms with van der Waals surface area (Å²) in [4.78, 5) is 7.09. The molecular weight excluding hydrogens is 417 g/mol. The fourth-order valence-corrected chi connectivity index (χ4v) is 5.38. The number of halogens is 1. The summed E-state index contributed by atoms with van der Waals surface area (Å²) in [7, 11) is 1.92. The Morgan fingerprint density at radius 1 is 1.17 bits per heavy atom. The lowest BCUT2D eigenvalue weighted by molar-refractivity contribution is -0.107. The molecular formula is C18H32IN3O2. The number of nitrogens with one attached hydrogen (secondary N) is 1. The second kappa shape index (κ2) is 6.91. The summed E-state index contributed by atoms with van der Waals surface area (Å²) >= 11 is 0. The zero-order valence-corrected chi connectivity index (χ0v) is 17.5. The second-order valence-corrected chi connectivity index (χ2v) is 8.52. The highest BCUT2D eigenvalue weighted by molar-refractivity contribution is 14.0. The molecule has 3 heterocycles. The molecule has 3 saturated heterocycles. The molecule has 138 valence electrons. The Morgan fingerprint density at radius 3 is 2.62 bits per heavy atom. The van der Waals surface area contributed by atoms with Crippen LogP contribution in [0.5, 0.6) is 0 Å². The van der Waals surface area contributed by atoms with Gasteiger partial charge in [-0.1, -0.05) is 13.8 Å². The molecule has 3 atom stereocenters. The number of guanidine groups is 1. The highest BCUT2D eigenvalue weighted by Crippen LogP contribution is 2.52. The van der Waals surface area contributed by atoms with Gasteiger partial charge >= 0.3 is 0 Å². The first kappa shape index (κ1) is 18.7. The van der Waals surface area contributed by atoms with Crippen LogP contribution >= 0.6 is 24.0 Å². The molecule has 3 unspecified atom stereocenters. The molecule has 1 saturated carbocycles. The maximum atomic E-state index is 5.92. The fraction of sp³-hybridized carbons (Fsp3) is 0.944. The molecule has 0 aromatic heterocycles. The topological polar surface area (TPSA) is 46.1 Å². The van der Waals surface area contributed by atoms with Crippen molar-refractivity contribution >= 4 is 29.9 Å². The number of hydrogen-bond acceptors (Lipinski definition) is 3. The molecule has 4 rings (SSSR count). The van der Waals surface area contributed by atoms with Gasteiger partial charge in [-0.05, 0) is 31.1 Å². The van der Waals surface area contributed by atoms with E-state index in [1.165, 1.54) is 25.7 Å². The average Bonchev–Trinajstić information content (AvgIpc) is 3.16. The second-order valence-electron chi connectivity index (χ2n) is 8.52. The van der Waals surface area contributed by atoms with Crippen LogP contribution < -0.4 is 5.32 Å². The summed E-state index contributed by atoms with van der Waals surface area (Å²) < 4.78 is 11.5. The summed E-state index contributed by atoms with van der Waals surface area (Å²) in [6.45, 7) is 9.68. The monoisotopic (exact) mass is 449 g/mol. The van der Waals surface area contributed by atoms with Gasteiger partial charge in [0, 0.05) is 57.3 Å². The van der Waals surface area contributed by atoms with Crippen molar-refractivity contribution in [1.82, 2.24) is 10.2 Å². The molecule has 0 radical (unpaired) electrons. The minimum Gasteiger partial charge on any atom is -0.381 e. The van der Waals surface area contributed by atoms with Crippen molar-refractivity contribution in [2.24, 2.45) is 21.7 Å². The van der Waals surface area contributed by atoms with E-state index in [4.69, 9.17) is 9.47 Å². The number of rotatable bonds is 1.